The first-order valence-electron chi connectivity index (χ1n) is 8.06. The van der Waals surface area contributed by atoms with E-state index in [9.17, 15) is 19.7 Å². The summed E-state index contributed by atoms with van der Waals surface area (Å²) in [6, 6.07) is 4.89. The molecule has 25 heavy (non-hydrogen) atoms. The number of carbonyl (C=O) groups is 2. The molecule has 0 radical (unpaired) electrons. The van der Waals surface area contributed by atoms with Crippen molar-refractivity contribution in [1.82, 2.24) is 0 Å². The molecule has 0 aliphatic carbocycles. The number of hydrogen-bond donors (Lipinski definition) is 0. The zero-order chi connectivity index (χ0) is 19.7. The summed E-state index contributed by atoms with van der Waals surface area (Å²) in [7, 11) is 0. The lowest BCUT2D eigenvalue weighted by atomic mass is 10.2. The Bertz CT molecular complexity index is 502. The van der Waals surface area contributed by atoms with Gasteiger partial charge in [0.2, 0.25) is 0 Å². The summed E-state index contributed by atoms with van der Waals surface area (Å²) in [4.78, 5) is 30.4. The number of rotatable bonds is 6. The van der Waals surface area contributed by atoms with E-state index < -0.39 is 11.1 Å². The number of nitro benzene ring substituents is 1. The molecular weight excluding hydrogens is 350 g/mol. The van der Waals surface area contributed by atoms with E-state index in [2.05, 4.69) is 29.8 Å². The van der Waals surface area contributed by atoms with Crippen molar-refractivity contribution >= 4 is 29.5 Å². The number of ketones is 1. The van der Waals surface area contributed by atoms with Gasteiger partial charge >= 0.3 is 6.16 Å². The van der Waals surface area contributed by atoms with Gasteiger partial charge in [-0.3, -0.25) is 10.1 Å². The van der Waals surface area contributed by atoms with Gasteiger partial charge in [-0.05, 0) is 25.5 Å². The molecule has 8 heteroatoms. The van der Waals surface area contributed by atoms with Crippen molar-refractivity contribution in [2.75, 3.05) is 0 Å². The standard InChI is InChI=1S/C7H4ClNO5.C6H12O.C4H10/c8-14-7(10)13-6-3-1-5(2-4-6)9(11)12;1-3-4-5-6(2)7;1-3-4-2/h1-4H;3-5H2,1-2H3;3-4H2,1-2H3. The van der Waals surface area contributed by atoms with Crippen molar-refractivity contribution in [3.8, 4) is 5.75 Å². The molecule has 142 valence electrons. The molecule has 0 spiro atoms. The lowest BCUT2D eigenvalue weighted by Gasteiger charge is -1.99. The van der Waals surface area contributed by atoms with Gasteiger partial charge in [0.15, 0.2) is 0 Å². The largest absolute Gasteiger partial charge is 0.532 e. The normalized spacial score (nSPS) is 8.84. The van der Waals surface area contributed by atoms with Crippen LogP contribution < -0.4 is 4.74 Å². The summed E-state index contributed by atoms with van der Waals surface area (Å²) >= 11 is 4.70. The zero-order valence-corrected chi connectivity index (χ0v) is 15.9. The van der Waals surface area contributed by atoms with E-state index in [1.807, 2.05) is 0 Å². The average Bonchev–Trinajstić information content (AvgIpc) is 2.61. The van der Waals surface area contributed by atoms with Crippen LogP contribution in [0.25, 0.3) is 0 Å². The van der Waals surface area contributed by atoms with Crippen LogP contribution in [0.15, 0.2) is 24.3 Å². The van der Waals surface area contributed by atoms with Crippen molar-refractivity contribution < 1.29 is 23.5 Å². The molecule has 0 saturated carbocycles. The van der Waals surface area contributed by atoms with Crippen molar-refractivity contribution in [3.05, 3.63) is 34.4 Å². The molecule has 0 aromatic heterocycles. The van der Waals surface area contributed by atoms with Crippen LogP contribution >= 0.6 is 11.9 Å². The van der Waals surface area contributed by atoms with Gasteiger partial charge in [0.1, 0.15) is 23.4 Å². The first kappa shape index (κ1) is 25.1. The lowest BCUT2D eigenvalue weighted by Crippen LogP contribution is -2.04. The Morgan fingerprint density at radius 2 is 1.60 bits per heavy atom. The van der Waals surface area contributed by atoms with Crippen molar-refractivity contribution in [3.63, 3.8) is 0 Å². The lowest BCUT2D eigenvalue weighted by molar-refractivity contribution is -0.384. The van der Waals surface area contributed by atoms with Gasteiger partial charge in [-0.2, -0.15) is 0 Å². The third kappa shape index (κ3) is 16.5. The quantitative estimate of drug-likeness (QED) is 0.268. The number of halogens is 1. The number of hydrogen-bond acceptors (Lipinski definition) is 6. The van der Waals surface area contributed by atoms with E-state index in [4.69, 9.17) is 11.9 Å². The maximum Gasteiger partial charge on any atom is 0.532 e. The van der Waals surface area contributed by atoms with E-state index >= 15 is 0 Å². The third-order valence-corrected chi connectivity index (χ3v) is 2.82. The molecule has 1 aromatic rings. The van der Waals surface area contributed by atoms with Crippen LogP contribution in [-0.4, -0.2) is 16.9 Å². The minimum absolute atomic E-state index is 0.100. The van der Waals surface area contributed by atoms with Gasteiger partial charge in [-0.1, -0.05) is 40.0 Å². The monoisotopic (exact) mass is 375 g/mol. The number of Topliss-reactive ketones (excluding diaryl/α,β-unsaturated/α-hetero) is 1. The Labute approximate surface area is 153 Å². The third-order valence-electron chi connectivity index (χ3n) is 2.69. The van der Waals surface area contributed by atoms with Crippen LogP contribution in [-0.2, 0) is 9.08 Å². The van der Waals surface area contributed by atoms with Gasteiger partial charge < -0.3 is 13.8 Å². The summed E-state index contributed by atoms with van der Waals surface area (Å²) in [5.74, 6) is 0.420. The number of ether oxygens (including phenoxy) is 1. The van der Waals surface area contributed by atoms with Crippen molar-refractivity contribution in [2.24, 2.45) is 0 Å². The highest BCUT2D eigenvalue weighted by Gasteiger charge is 2.08. The average molecular weight is 376 g/mol. The van der Waals surface area contributed by atoms with Crippen molar-refractivity contribution in [2.45, 2.75) is 59.8 Å². The van der Waals surface area contributed by atoms with Gasteiger partial charge in [0.25, 0.3) is 5.69 Å². The minimum atomic E-state index is -1.10. The molecule has 0 atom stereocenters. The van der Waals surface area contributed by atoms with E-state index in [-0.39, 0.29) is 11.4 Å². The summed E-state index contributed by atoms with van der Waals surface area (Å²) in [5.41, 5.74) is -0.100. The smallest absolute Gasteiger partial charge is 0.394 e. The summed E-state index contributed by atoms with van der Waals surface area (Å²) in [6.07, 6.45) is 4.48. The molecule has 0 unspecified atom stereocenters. The van der Waals surface area contributed by atoms with Gasteiger partial charge in [0.05, 0.1) is 4.92 Å². The molecule has 0 N–H and O–H groups in total. The Kier molecular flexibility index (Phi) is 16.8. The second-order valence-corrected chi connectivity index (χ2v) is 5.14. The highest BCUT2D eigenvalue weighted by Crippen LogP contribution is 2.17. The molecule has 0 saturated heterocycles. The molecule has 0 fully saturated rings. The molecule has 7 nitrogen and oxygen atoms in total. The van der Waals surface area contributed by atoms with E-state index in [0.29, 0.717) is 5.78 Å². The Hall–Kier alpha value is -2.15. The Morgan fingerprint density at radius 3 is 1.88 bits per heavy atom. The summed E-state index contributed by atoms with van der Waals surface area (Å²) < 4.78 is 8.19. The van der Waals surface area contributed by atoms with Crippen molar-refractivity contribution in [1.29, 1.82) is 0 Å². The fourth-order valence-electron chi connectivity index (χ4n) is 1.17. The first-order chi connectivity index (χ1) is 11.8. The van der Waals surface area contributed by atoms with Crippen LogP contribution in [0.2, 0.25) is 0 Å². The Balaban J connectivity index is 0. The van der Waals surface area contributed by atoms with Gasteiger partial charge in [-0.15, -0.1) is 0 Å². The molecule has 0 heterocycles. The molecule has 1 rings (SSSR count). The van der Waals surface area contributed by atoms with Crippen LogP contribution in [0.4, 0.5) is 10.5 Å². The van der Waals surface area contributed by atoms with Crippen LogP contribution in [0.5, 0.6) is 5.75 Å². The van der Waals surface area contributed by atoms with Gasteiger partial charge in [0, 0.05) is 18.6 Å². The molecular formula is C17H26ClNO6. The van der Waals surface area contributed by atoms with E-state index in [1.165, 1.54) is 37.1 Å². The van der Waals surface area contributed by atoms with Crippen LogP contribution in [0.3, 0.4) is 0 Å². The number of benzene rings is 1. The highest BCUT2D eigenvalue weighted by atomic mass is 35.5. The summed E-state index contributed by atoms with van der Waals surface area (Å²) in [6.45, 7) is 8.08. The number of non-ortho nitro benzene ring substituents is 1. The molecule has 0 aliphatic rings. The van der Waals surface area contributed by atoms with Crippen LogP contribution in [0, 0.1) is 10.1 Å². The number of nitrogens with zero attached hydrogens (tertiary/aromatic N) is 1. The fourth-order valence-corrected chi connectivity index (χ4v) is 1.21. The first-order valence-corrected chi connectivity index (χ1v) is 8.37. The van der Waals surface area contributed by atoms with Gasteiger partial charge in [-0.25, -0.2) is 4.79 Å². The number of nitro groups is 1. The van der Waals surface area contributed by atoms with E-state index in [0.717, 1.165) is 19.3 Å². The highest BCUT2D eigenvalue weighted by molar-refractivity contribution is 6.12. The SMILES string of the molecule is CCCC.CCCCC(C)=O.O=C(OCl)Oc1ccc([N+](=O)[O-])cc1. The number of unbranched alkanes of at least 4 members (excludes halogenated alkanes) is 2. The summed E-state index contributed by atoms with van der Waals surface area (Å²) in [5, 5.41) is 10.2. The Morgan fingerprint density at radius 1 is 1.08 bits per heavy atom. The molecule has 0 amide bonds. The molecule has 1 aromatic carbocycles. The maximum absolute atomic E-state index is 10.5. The predicted octanol–water partition coefficient (Wildman–Crippen LogP) is 5.84. The van der Waals surface area contributed by atoms with Crippen LogP contribution in [0.1, 0.15) is 59.8 Å². The second kappa shape index (κ2) is 16.7. The second-order valence-electron chi connectivity index (χ2n) is 4.99. The molecule has 0 bridgehead atoms. The fraction of sp³-hybridized carbons (Fsp3) is 0.529. The zero-order valence-electron chi connectivity index (χ0n) is 15.1. The predicted molar refractivity (Wildman–Crippen MR) is 96.8 cm³/mol. The van der Waals surface area contributed by atoms with E-state index in [1.54, 1.807) is 6.92 Å². The molecule has 0 aliphatic heterocycles. The topological polar surface area (TPSA) is 95.7 Å². The maximum atomic E-state index is 10.5. The number of carbonyl (C=O) groups excluding carboxylic acids is 2. The minimum Gasteiger partial charge on any atom is -0.394 e.